The van der Waals surface area contributed by atoms with E-state index in [4.69, 9.17) is 4.18 Å². The Morgan fingerprint density at radius 3 is 2.17 bits per heavy atom. The molecular formula is C16H15FO3S3. The number of halogens is 1. The lowest BCUT2D eigenvalue weighted by molar-refractivity contribution is 0.485. The van der Waals surface area contributed by atoms with Crippen molar-refractivity contribution in [2.24, 2.45) is 0 Å². The second kappa shape index (κ2) is 7.15. The molecule has 3 nitrogen and oxygen atoms in total. The Morgan fingerprint density at radius 1 is 0.957 bits per heavy atom. The van der Waals surface area contributed by atoms with Gasteiger partial charge in [0, 0.05) is 0 Å². The third-order valence-corrected chi connectivity index (χ3v) is 7.56. The van der Waals surface area contributed by atoms with Crippen LogP contribution in [0, 0.1) is 5.82 Å². The van der Waals surface area contributed by atoms with Crippen LogP contribution in [-0.4, -0.2) is 19.9 Å². The smallest absolute Gasteiger partial charge is 0.339 e. The van der Waals surface area contributed by atoms with Gasteiger partial charge < -0.3 is 4.18 Å². The molecule has 0 radical (unpaired) electrons. The number of benzene rings is 2. The number of thioether (sulfide) groups is 2. The number of rotatable bonds is 4. The van der Waals surface area contributed by atoms with E-state index in [1.54, 1.807) is 12.1 Å². The fourth-order valence-corrected chi connectivity index (χ4v) is 5.96. The van der Waals surface area contributed by atoms with Crippen LogP contribution in [0.4, 0.5) is 4.39 Å². The topological polar surface area (TPSA) is 43.4 Å². The SMILES string of the molecule is O=S(=O)(Oc1ccc(C2SCCCS2)cc1)c1ccc(F)cc1. The van der Waals surface area contributed by atoms with Gasteiger partial charge in [-0.25, -0.2) is 4.39 Å². The van der Waals surface area contributed by atoms with Gasteiger partial charge in [-0.15, -0.1) is 23.5 Å². The molecule has 7 heteroatoms. The molecule has 1 aliphatic heterocycles. The van der Waals surface area contributed by atoms with Crippen molar-refractivity contribution in [1.82, 2.24) is 0 Å². The quantitative estimate of drug-likeness (QED) is 0.743. The summed E-state index contributed by atoms with van der Waals surface area (Å²) in [7, 11) is -3.94. The maximum absolute atomic E-state index is 12.9. The highest BCUT2D eigenvalue weighted by Crippen LogP contribution is 2.43. The molecule has 1 aliphatic rings. The Bertz CT molecular complexity index is 752. The van der Waals surface area contributed by atoms with Crippen molar-refractivity contribution in [1.29, 1.82) is 0 Å². The van der Waals surface area contributed by atoms with Crippen LogP contribution in [0.3, 0.4) is 0 Å². The highest BCUT2D eigenvalue weighted by Gasteiger charge is 2.19. The normalized spacial score (nSPS) is 16.2. The lowest BCUT2D eigenvalue weighted by Gasteiger charge is -2.21. The first kappa shape index (κ1) is 16.7. The number of hydrogen-bond acceptors (Lipinski definition) is 5. The molecule has 0 bridgehead atoms. The summed E-state index contributed by atoms with van der Waals surface area (Å²) in [5.41, 5.74) is 1.16. The molecule has 3 rings (SSSR count). The standard InChI is InChI=1S/C16H15FO3S3/c17-13-4-8-15(9-5-13)23(18,19)20-14-6-2-12(3-7-14)16-21-10-1-11-22-16/h2-9,16H,1,10-11H2. The zero-order chi connectivity index (χ0) is 16.3. The third kappa shape index (κ3) is 4.22. The van der Waals surface area contributed by atoms with Crippen molar-refractivity contribution in [3.05, 3.63) is 59.9 Å². The minimum atomic E-state index is -3.94. The summed E-state index contributed by atoms with van der Waals surface area (Å²) in [5, 5.41) is 0. The van der Waals surface area contributed by atoms with Gasteiger partial charge in [0.1, 0.15) is 16.5 Å². The van der Waals surface area contributed by atoms with E-state index in [1.165, 1.54) is 18.6 Å². The summed E-state index contributed by atoms with van der Waals surface area (Å²) in [4.78, 5) is -0.0682. The third-order valence-electron chi connectivity index (χ3n) is 3.29. The maximum atomic E-state index is 12.9. The van der Waals surface area contributed by atoms with Crippen LogP contribution in [0.2, 0.25) is 0 Å². The van der Waals surface area contributed by atoms with Crippen LogP contribution in [0.25, 0.3) is 0 Å². The molecule has 2 aromatic rings. The molecule has 0 unspecified atom stereocenters. The molecule has 2 aromatic carbocycles. The van der Waals surface area contributed by atoms with E-state index in [1.807, 2.05) is 35.7 Å². The van der Waals surface area contributed by atoms with Crippen LogP contribution >= 0.6 is 23.5 Å². The highest BCUT2D eigenvalue weighted by molar-refractivity contribution is 8.16. The van der Waals surface area contributed by atoms with Gasteiger partial charge in [0.25, 0.3) is 0 Å². The summed E-state index contributed by atoms with van der Waals surface area (Å²) >= 11 is 3.80. The average Bonchev–Trinajstić information content (AvgIpc) is 2.56. The maximum Gasteiger partial charge on any atom is 0.339 e. The largest absolute Gasteiger partial charge is 0.379 e. The second-order valence-electron chi connectivity index (χ2n) is 4.99. The molecule has 0 saturated carbocycles. The lowest BCUT2D eigenvalue weighted by Crippen LogP contribution is -2.09. The van der Waals surface area contributed by atoms with Crippen LogP contribution in [0.5, 0.6) is 5.75 Å². The molecule has 1 saturated heterocycles. The Kier molecular flexibility index (Phi) is 5.18. The molecule has 1 fully saturated rings. The molecular weight excluding hydrogens is 355 g/mol. The zero-order valence-electron chi connectivity index (χ0n) is 12.1. The van der Waals surface area contributed by atoms with Crippen molar-refractivity contribution >= 4 is 33.6 Å². The van der Waals surface area contributed by atoms with Gasteiger partial charge >= 0.3 is 10.1 Å². The van der Waals surface area contributed by atoms with Crippen LogP contribution < -0.4 is 4.18 Å². The van der Waals surface area contributed by atoms with Crippen LogP contribution in [-0.2, 0) is 10.1 Å². The molecule has 0 aliphatic carbocycles. The highest BCUT2D eigenvalue weighted by atomic mass is 32.2. The van der Waals surface area contributed by atoms with Gasteiger partial charge in [0.15, 0.2) is 0 Å². The van der Waals surface area contributed by atoms with Gasteiger partial charge in [0.2, 0.25) is 0 Å². The fourth-order valence-electron chi connectivity index (χ4n) is 2.14. The summed E-state index contributed by atoms with van der Waals surface area (Å²) < 4.78 is 42.7. The van der Waals surface area contributed by atoms with Gasteiger partial charge in [-0.1, -0.05) is 12.1 Å². The van der Waals surface area contributed by atoms with Crippen molar-refractivity contribution in [3.8, 4) is 5.75 Å². The van der Waals surface area contributed by atoms with E-state index in [-0.39, 0.29) is 10.6 Å². The van der Waals surface area contributed by atoms with Crippen molar-refractivity contribution < 1.29 is 17.0 Å². The van der Waals surface area contributed by atoms with Crippen molar-refractivity contribution in [2.75, 3.05) is 11.5 Å². The van der Waals surface area contributed by atoms with E-state index in [0.717, 1.165) is 29.2 Å². The number of hydrogen-bond donors (Lipinski definition) is 0. The molecule has 23 heavy (non-hydrogen) atoms. The first-order chi connectivity index (χ1) is 11.0. The minimum Gasteiger partial charge on any atom is -0.379 e. The molecule has 0 N–H and O–H groups in total. The molecule has 0 aromatic heterocycles. The first-order valence-electron chi connectivity index (χ1n) is 7.08. The van der Waals surface area contributed by atoms with Gasteiger partial charge in [-0.2, -0.15) is 8.42 Å². The Labute approximate surface area is 143 Å². The van der Waals surface area contributed by atoms with Gasteiger partial charge in [-0.05, 0) is 59.9 Å². The summed E-state index contributed by atoms with van der Waals surface area (Å²) in [6.45, 7) is 0. The zero-order valence-corrected chi connectivity index (χ0v) is 14.6. The molecule has 122 valence electrons. The Hall–Kier alpha value is -1.18. The van der Waals surface area contributed by atoms with E-state index < -0.39 is 15.9 Å². The van der Waals surface area contributed by atoms with E-state index in [9.17, 15) is 12.8 Å². The monoisotopic (exact) mass is 370 g/mol. The lowest BCUT2D eigenvalue weighted by atomic mass is 10.2. The van der Waals surface area contributed by atoms with Crippen LogP contribution in [0.1, 0.15) is 16.6 Å². The molecule has 0 atom stereocenters. The van der Waals surface area contributed by atoms with Gasteiger partial charge in [-0.3, -0.25) is 0 Å². The van der Waals surface area contributed by atoms with Gasteiger partial charge in [0.05, 0.1) is 4.58 Å². The van der Waals surface area contributed by atoms with E-state index in [0.29, 0.717) is 4.58 Å². The van der Waals surface area contributed by atoms with Crippen molar-refractivity contribution in [2.45, 2.75) is 15.9 Å². The molecule has 0 amide bonds. The van der Waals surface area contributed by atoms with Crippen LogP contribution in [0.15, 0.2) is 53.4 Å². The van der Waals surface area contributed by atoms with E-state index in [2.05, 4.69) is 0 Å². The first-order valence-corrected chi connectivity index (χ1v) is 10.6. The second-order valence-corrected chi connectivity index (χ2v) is 9.26. The Morgan fingerprint density at radius 2 is 1.57 bits per heavy atom. The predicted molar refractivity (Wildman–Crippen MR) is 92.9 cm³/mol. The molecule has 0 spiro atoms. The van der Waals surface area contributed by atoms with E-state index >= 15 is 0 Å². The summed E-state index contributed by atoms with van der Waals surface area (Å²) in [5.74, 6) is 2.06. The predicted octanol–water partition coefficient (Wildman–Crippen LogP) is 4.46. The summed E-state index contributed by atoms with van der Waals surface area (Å²) in [6, 6.07) is 11.7. The van der Waals surface area contributed by atoms with Crippen molar-refractivity contribution in [3.63, 3.8) is 0 Å². The molecule has 1 heterocycles. The Balaban J connectivity index is 1.73. The average molecular weight is 370 g/mol. The fraction of sp³-hybridized carbons (Fsp3) is 0.250. The summed E-state index contributed by atoms with van der Waals surface area (Å²) in [6.07, 6.45) is 1.23. The minimum absolute atomic E-state index is 0.0682.